The Bertz CT molecular complexity index is 831. The third-order valence-corrected chi connectivity index (χ3v) is 5.47. The normalized spacial score (nSPS) is 16.8. The molecule has 3 rings (SSSR count). The van der Waals surface area contributed by atoms with Gasteiger partial charge in [-0.3, -0.25) is 9.59 Å². The van der Waals surface area contributed by atoms with E-state index in [0.29, 0.717) is 22.9 Å². The van der Waals surface area contributed by atoms with E-state index in [1.165, 1.54) is 28.9 Å². The Hall–Kier alpha value is -1.76. The lowest BCUT2D eigenvalue weighted by Crippen LogP contribution is -2.44. The molecule has 0 radical (unpaired) electrons. The number of halogens is 2. The van der Waals surface area contributed by atoms with Gasteiger partial charge in [-0.2, -0.15) is 0 Å². The molecule has 2 heterocycles. The number of hydrogen-bond donors (Lipinski definition) is 1. The van der Waals surface area contributed by atoms with E-state index in [2.05, 4.69) is 10.3 Å². The van der Waals surface area contributed by atoms with E-state index in [4.69, 9.17) is 23.2 Å². The third-order valence-electron chi connectivity index (χ3n) is 3.77. The number of rotatable bonds is 3. The highest BCUT2D eigenvalue weighted by Gasteiger charge is 2.35. The summed E-state index contributed by atoms with van der Waals surface area (Å²) in [6.45, 7) is 1.95. The van der Waals surface area contributed by atoms with Gasteiger partial charge in [-0.15, -0.1) is 11.8 Å². The van der Waals surface area contributed by atoms with Gasteiger partial charge in [-0.1, -0.05) is 35.3 Å². The van der Waals surface area contributed by atoms with Crippen LogP contribution >= 0.6 is 35.0 Å². The molecule has 1 saturated heterocycles. The van der Waals surface area contributed by atoms with Crippen LogP contribution in [0.3, 0.4) is 0 Å². The number of carbonyl (C=O) groups excluding carboxylic acids is 2. The van der Waals surface area contributed by atoms with Crippen molar-refractivity contribution in [2.75, 3.05) is 16.9 Å². The van der Waals surface area contributed by atoms with E-state index in [1.54, 1.807) is 0 Å². The molecule has 1 atom stereocenters. The second-order valence-electron chi connectivity index (χ2n) is 5.65. The number of benzene rings is 1. The van der Waals surface area contributed by atoms with Gasteiger partial charge in [0.25, 0.3) is 5.91 Å². The maximum atomic E-state index is 12.7. The van der Waals surface area contributed by atoms with E-state index in [9.17, 15) is 9.59 Å². The minimum absolute atomic E-state index is 0.141. The number of aryl methyl sites for hydroxylation is 1. The monoisotopic (exact) mass is 395 g/mol. The van der Waals surface area contributed by atoms with Crippen LogP contribution in [0.2, 0.25) is 10.2 Å². The summed E-state index contributed by atoms with van der Waals surface area (Å²) in [7, 11) is 0. The highest BCUT2D eigenvalue weighted by atomic mass is 35.5. The largest absolute Gasteiger partial charge is 0.324 e. The minimum atomic E-state index is -0.549. The predicted molar refractivity (Wildman–Crippen MR) is 101 cm³/mol. The summed E-state index contributed by atoms with van der Waals surface area (Å²) in [5, 5.41) is 3.22. The van der Waals surface area contributed by atoms with Crippen LogP contribution in [-0.4, -0.2) is 39.4 Å². The van der Waals surface area contributed by atoms with Crippen LogP contribution in [0.1, 0.15) is 15.9 Å². The molecule has 1 aromatic carbocycles. The van der Waals surface area contributed by atoms with Crippen molar-refractivity contribution in [1.29, 1.82) is 0 Å². The third kappa shape index (κ3) is 4.08. The summed E-state index contributed by atoms with van der Waals surface area (Å²) < 4.78 is 0. The summed E-state index contributed by atoms with van der Waals surface area (Å²) in [5.74, 6) is 0.473. The molecule has 0 unspecified atom stereocenters. The molecule has 0 spiro atoms. The quantitative estimate of drug-likeness (QED) is 0.801. The van der Waals surface area contributed by atoms with Crippen LogP contribution in [0.4, 0.5) is 5.69 Å². The number of carbonyl (C=O) groups is 2. The molecule has 25 heavy (non-hydrogen) atoms. The molecule has 0 aliphatic carbocycles. The zero-order valence-corrected chi connectivity index (χ0v) is 15.7. The molecule has 1 fully saturated rings. The van der Waals surface area contributed by atoms with Crippen molar-refractivity contribution in [3.63, 3.8) is 0 Å². The smallest absolute Gasteiger partial charge is 0.256 e. The summed E-state index contributed by atoms with van der Waals surface area (Å²) in [5.41, 5.74) is 2.07. The number of aromatic nitrogens is 1. The second-order valence-corrected chi connectivity index (χ2v) is 7.41. The Balaban J connectivity index is 1.76. The molecule has 8 heteroatoms. The highest BCUT2D eigenvalue weighted by molar-refractivity contribution is 7.99. The molecule has 1 aromatic heterocycles. The van der Waals surface area contributed by atoms with Gasteiger partial charge < -0.3 is 10.2 Å². The first-order valence-electron chi connectivity index (χ1n) is 7.53. The van der Waals surface area contributed by atoms with Crippen LogP contribution in [0.5, 0.6) is 0 Å². The van der Waals surface area contributed by atoms with Crippen molar-refractivity contribution < 1.29 is 9.59 Å². The number of hydrogen-bond acceptors (Lipinski definition) is 4. The van der Waals surface area contributed by atoms with Gasteiger partial charge in [0.2, 0.25) is 5.91 Å². The molecule has 130 valence electrons. The average Bonchev–Trinajstić information content (AvgIpc) is 3.06. The summed E-state index contributed by atoms with van der Waals surface area (Å²) in [6.07, 6.45) is 1.37. The van der Waals surface area contributed by atoms with Gasteiger partial charge in [0, 0.05) is 17.6 Å². The standard InChI is InChI=1S/C17H15Cl2N3O2S/c1-10-3-2-4-12(5-10)21-16(23)14-8-25-9-22(14)17(24)11-6-13(18)15(19)20-7-11/h2-7,14H,8-9H2,1H3,(H,21,23)/t14-/m1/s1. The molecule has 0 saturated carbocycles. The van der Waals surface area contributed by atoms with Crippen molar-refractivity contribution in [2.45, 2.75) is 13.0 Å². The van der Waals surface area contributed by atoms with Crippen molar-refractivity contribution in [2.24, 2.45) is 0 Å². The second kappa shape index (κ2) is 7.64. The Morgan fingerprint density at radius 3 is 2.84 bits per heavy atom. The van der Waals surface area contributed by atoms with Crippen LogP contribution in [0.25, 0.3) is 0 Å². The van der Waals surface area contributed by atoms with Gasteiger partial charge >= 0.3 is 0 Å². The first-order chi connectivity index (χ1) is 12.0. The van der Waals surface area contributed by atoms with Gasteiger partial charge in [-0.05, 0) is 30.7 Å². The van der Waals surface area contributed by atoms with E-state index >= 15 is 0 Å². The summed E-state index contributed by atoms with van der Waals surface area (Å²) in [6, 6.07) is 8.45. The maximum absolute atomic E-state index is 12.7. The van der Waals surface area contributed by atoms with E-state index in [1.807, 2.05) is 31.2 Å². The Morgan fingerprint density at radius 2 is 2.12 bits per heavy atom. The number of nitrogens with one attached hydrogen (secondary N) is 1. The van der Waals surface area contributed by atoms with Crippen LogP contribution < -0.4 is 5.32 Å². The fourth-order valence-electron chi connectivity index (χ4n) is 2.51. The van der Waals surface area contributed by atoms with Gasteiger partial charge in [-0.25, -0.2) is 4.98 Å². The van der Waals surface area contributed by atoms with E-state index < -0.39 is 6.04 Å². The molecule has 0 bridgehead atoms. The molecule has 1 N–H and O–H groups in total. The van der Waals surface area contributed by atoms with Crippen molar-refractivity contribution in [3.05, 3.63) is 57.8 Å². The summed E-state index contributed by atoms with van der Waals surface area (Å²) >= 11 is 13.3. The number of thioether (sulfide) groups is 1. The Kier molecular flexibility index (Phi) is 5.51. The van der Waals surface area contributed by atoms with Crippen LogP contribution in [-0.2, 0) is 4.79 Å². The molecular weight excluding hydrogens is 381 g/mol. The number of anilines is 1. The molecule has 2 aromatic rings. The van der Waals surface area contributed by atoms with Gasteiger partial charge in [0.05, 0.1) is 16.5 Å². The van der Waals surface area contributed by atoms with E-state index in [0.717, 1.165) is 5.56 Å². The molecular formula is C17H15Cl2N3O2S. The fourth-order valence-corrected chi connectivity index (χ4v) is 3.94. The zero-order valence-electron chi connectivity index (χ0n) is 13.3. The first-order valence-corrected chi connectivity index (χ1v) is 9.44. The molecule has 1 aliphatic heterocycles. The Labute approximate surface area is 159 Å². The molecule has 5 nitrogen and oxygen atoms in total. The van der Waals surface area contributed by atoms with Crippen molar-refractivity contribution in [3.8, 4) is 0 Å². The highest BCUT2D eigenvalue weighted by Crippen LogP contribution is 2.26. The SMILES string of the molecule is Cc1cccc(NC(=O)[C@H]2CSCN2C(=O)c2cnc(Cl)c(Cl)c2)c1. The number of pyridine rings is 1. The molecule has 2 amide bonds. The molecule has 1 aliphatic rings. The topological polar surface area (TPSA) is 62.3 Å². The minimum Gasteiger partial charge on any atom is -0.324 e. The van der Waals surface area contributed by atoms with E-state index in [-0.39, 0.29) is 22.0 Å². The number of nitrogens with zero attached hydrogens (tertiary/aromatic N) is 2. The lowest BCUT2D eigenvalue weighted by Gasteiger charge is -2.23. The fraction of sp³-hybridized carbons (Fsp3) is 0.235. The average molecular weight is 396 g/mol. The zero-order chi connectivity index (χ0) is 18.0. The van der Waals surface area contributed by atoms with Crippen LogP contribution in [0, 0.1) is 6.92 Å². The van der Waals surface area contributed by atoms with Crippen molar-refractivity contribution >= 4 is 52.5 Å². The van der Waals surface area contributed by atoms with Gasteiger partial charge in [0.15, 0.2) is 0 Å². The van der Waals surface area contributed by atoms with Crippen molar-refractivity contribution in [1.82, 2.24) is 9.88 Å². The predicted octanol–water partition coefficient (Wildman–Crippen LogP) is 3.85. The maximum Gasteiger partial charge on any atom is 0.256 e. The first kappa shape index (κ1) is 18.0. The lowest BCUT2D eigenvalue weighted by atomic mass is 10.2. The van der Waals surface area contributed by atoms with Crippen LogP contribution in [0.15, 0.2) is 36.5 Å². The van der Waals surface area contributed by atoms with Gasteiger partial charge in [0.1, 0.15) is 11.2 Å². The number of amides is 2. The summed E-state index contributed by atoms with van der Waals surface area (Å²) in [4.78, 5) is 30.8. The lowest BCUT2D eigenvalue weighted by molar-refractivity contribution is -0.119. The Morgan fingerprint density at radius 1 is 1.32 bits per heavy atom.